The average Bonchev–Trinajstić information content (AvgIpc) is 3.31. The number of benzene rings is 2. The zero-order chi connectivity index (χ0) is 24.9. The number of aromatic nitrogens is 2. The second kappa shape index (κ2) is 10.9. The van der Waals surface area contributed by atoms with Gasteiger partial charge in [-0.3, -0.25) is 14.6 Å². The molecule has 0 aliphatic heterocycles. The smallest absolute Gasteiger partial charge is 0.269 e. The van der Waals surface area contributed by atoms with Crippen molar-refractivity contribution in [2.45, 2.75) is 38.1 Å². The summed E-state index contributed by atoms with van der Waals surface area (Å²) < 4.78 is 6.99. The fourth-order valence-electron chi connectivity index (χ4n) is 4.58. The fraction of sp³-hybridized carbons (Fsp3) is 0.286. The van der Waals surface area contributed by atoms with Gasteiger partial charge in [-0.15, -0.1) is 0 Å². The van der Waals surface area contributed by atoms with Crippen molar-refractivity contribution in [3.63, 3.8) is 0 Å². The van der Waals surface area contributed by atoms with Crippen LogP contribution in [0.5, 0.6) is 11.5 Å². The first-order valence-corrected chi connectivity index (χ1v) is 13.0. The highest BCUT2D eigenvalue weighted by Gasteiger charge is 2.24. The molecule has 36 heavy (non-hydrogen) atoms. The van der Waals surface area contributed by atoms with Gasteiger partial charge in [-0.05, 0) is 49.8 Å². The minimum absolute atomic E-state index is 0.243. The summed E-state index contributed by atoms with van der Waals surface area (Å²) in [5.74, 6) is 1.66. The molecular weight excluding hydrogens is 472 g/mol. The maximum Gasteiger partial charge on any atom is 0.269 e. The zero-order valence-electron chi connectivity index (χ0n) is 20.1. The number of hydrogen-bond donors (Lipinski definition) is 2. The molecule has 5 rings (SSSR count). The van der Waals surface area contributed by atoms with Crippen LogP contribution in [0.1, 0.15) is 53.0 Å². The van der Waals surface area contributed by atoms with Crippen molar-refractivity contribution in [3.05, 3.63) is 78.1 Å². The Bertz CT molecular complexity index is 1360. The number of nitrogens with one attached hydrogen (secondary N) is 2. The Labute approximate surface area is 213 Å². The van der Waals surface area contributed by atoms with Crippen LogP contribution < -0.4 is 15.4 Å². The van der Waals surface area contributed by atoms with Crippen LogP contribution in [-0.4, -0.2) is 34.7 Å². The van der Waals surface area contributed by atoms with Gasteiger partial charge < -0.3 is 15.4 Å². The molecule has 1 amide bonds. The van der Waals surface area contributed by atoms with Crippen LogP contribution >= 0.6 is 11.3 Å². The third-order valence-corrected chi connectivity index (χ3v) is 7.48. The average molecular weight is 501 g/mol. The topological polar surface area (TPSA) is 93.2 Å². The Hall–Kier alpha value is -3.78. The van der Waals surface area contributed by atoms with Gasteiger partial charge in [0.25, 0.3) is 5.91 Å². The summed E-state index contributed by atoms with van der Waals surface area (Å²) >= 11 is 1.60. The molecule has 0 saturated heterocycles. The molecule has 0 radical (unpaired) electrons. The lowest BCUT2D eigenvalue weighted by atomic mass is 9.82. The van der Waals surface area contributed by atoms with Crippen molar-refractivity contribution < 1.29 is 14.3 Å². The van der Waals surface area contributed by atoms with Gasteiger partial charge in [0, 0.05) is 43.4 Å². The number of ether oxygens (including phenoxy) is 1. The lowest BCUT2D eigenvalue weighted by Gasteiger charge is -2.28. The molecule has 1 fully saturated rings. The van der Waals surface area contributed by atoms with Crippen LogP contribution in [0, 0.1) is 5.92 Å². The number of rotatable bonds is 8. The minimum atomic E-state index is -0.258. The van der Waals surface area contributed by atoms with Crippen molar-refractivity contribution in [2.24, 2.45) is 5.92 Å². The van der Waals surface area contributed by atoms with E-state index in [1.807, 2.05) is 48.5 Å². The third kappa shape index (κ3) is 5.71. The maximum atomic E-state index is 12.5. The molecule has 1 aliphatic carbocycles. The van der Waals surface area contributed by atoms with Crippen molar-refractivity contribution >= 4 is 38.4 Å². The van der Waals surface area contributed by atoms with Gasteiger partial charge in [0.05, 0.1) is 10.2 Å². The Kier molecular flexibility index (Phi) is 7.23. The molecule has 0 atom stereocenters. The van der Waals surface area contributed by atoms with E-state index in [0.29, 0.717) is 35.6 Å². The first kappa shape index (κ1) is 23.9. The van der Waals surface area contributed by atoms with E-state index in [1.54, 1.807) is 36.7 Å². The number of thiazole rings is 1. The number of anilines is 1. The second-order valence-corrected chi connectivity index (χ2v) is 10.1. The molecule has 2 aromatic heterocycles. The summed E-state index contributed by atoms with van der Waals surface area (Å²) in [5, 5.41) is 7.06. The van der Waals surface area contributed by atoms with Crippen LogP contribution in [0.3, 0.4) is 0 Å². The number of amides is 1. The Morgan fingerprint density at radius 1 is 1.00 bits per heavy atom. The highest BCUT2D eigenvalue weighted by molar-refractivity contribution is 7.22. The minimum Gasteiger partial charge on any atom is -0.457 e. The number of nitrogens with zero attached hydrogens (tertiary/aromatic N) is 2. The molecular formula is C28H28N4O3S. The number of ketones is 1. The van der Waals surface area contributed by atoms with Crippen LogP contribution in [0.15, 0.2) is 66.9 Å². The molecule has 0 spiro atoms. The molecule has 0 bridgehead atoms. The van der Waals surface area contributed by atoms with E-state index >= 15 is 0 Å². The van der Waals surface area contributed by atoms with Gasteiger partial charge >= 0.3 is 0 Å². The number of fused-ring (bicyclic) bond motifs is 1. The lowest BCUT2D eigenvalue weighted by molar-refractivity contribution is 0.0944. The lowest BCUT2D eigenvalue weighted by Crippen LogP contribution is -2.27. The van der Waals surface area contributed by atoms with Crippen molar-refractivity contribution in [1.82, 2.24) is 15.3 Å². The van der Waals surface area contributed by atoms with Gasteiger partial charge in [0.2, 0.25) is 0 Å². The van der Waals surface area contributed by atoms with Crippen LogP contribution in [0.4, 0.5) is 5.13 Å². The Balaban J connectivity index is 1.17. The molecule has 1 saturated carbocycles. The predicted octanol–water partition coefficient (Wildman–Crippen LogP) is 6.09. The number of hydrogen-bond acceptors (Lipinski definition) is 7. The van der Waals surface area contributed by atoms with Gasteiger partial charge in [-0.1, -0.05) is 41.7 Å². The number of pyridine rings is 1. The fourth-order valence-corrected chi connectivity index (χ4v) is 5.55. The van der Waals surface area contributed by atoms with Crippen molar-refractivity contribution in [3.8, 4) is 11.5 Å². The van der Waals surface area contributed by atoms with E-state index in [4.69, 9.17) is 9.72 Å². The van der Waals surface area contributed by atoms with E-state index in [2.05, 4.69) is 15.6 Å². The van der Waals surface area contributed by atoms with Crippen LogP contribution in [0.25, 0.3) is 10.2 Å². The molecule has 2 aromatic carbocycles. The maximum absolute atomic E-state index is 12.5. The highest BCUT2D eigenvalue weighted by Crippen LogP contribution is 2.34. The van der Waals surface area contributed by atoms with Crippen LogP contribution in [-0.2, 0) is 0 Å². The summed E-state index contributed by atoms with van der Waals surface area (Å²) in [6.07, 6.45) is 6.34. The van der Waals surface area contributed by atoms with Crippen molar-refractivity contribution in [1.29, 1.82) is 0 Å². The quantitative estimate of drug-likeness (QED) is 0.285. The van der Waals surface area contributed by atoms with Crippen molar-refractivity contribution in [2.75, 3.05) is 12.4 Å². The van der Waals surface area contributed by atoms with Gasteiger partial charge in [0.15, 0.2) is 10.9 Å². The van der Waals surface area contributed by atoms with Crippen LogP contribution in [0.2, 0.25) is 0 Å². The molecule has 0 unspecified atom stereocenters. The summed E-state index contributed by atoms with van der Waals surface area (Å²) in [7, 11) is 1.57. The predicted molar refractivity (Wildman–Crippen MR) is 142 cm³/mol. The van der Waals surface area contributed by atoms with Gasteiger partial charge in [0.1, 0.15) is 17.2 Å². The summed E-state index contributed by atoms with van der Waals surface area (Å²) in [5.41, 5.74) is 2.03. The molecule has 4 aromatic rings. The first-order valence-electron chi connectivity index (χ1n) is 12.2. The Morgan fingerprint density at radius 3 is 2.56 bits per heavy atom. The first-order chi connectivity index (χ1) is 17.6. The summed E-state index contributed by atoms with van der Waals surface area (Å²) in [6.45, 7) is 0. The number of Topliss-reactive ketones (excluding diaryl/α,β-unsaturated/α-hetero) is 1. The molecule has 8 heteroatoms. The van der Waals surface area contributed by atoms with E-state index in [-0.39, 0.29) is 11.7 Å². The normalized spacial score (nSPS) is 17.5. The van der Waals surface area contributed by atoms with E-state index in [1.165, 1.54) is 0 Å². The largest absolute Gasteiger partial charge is 0.457 e. The van der Waals surface area contributed by atoms with E-state index < -0.39 is 0 Å². The summed E-state index contributed by atoms with van der Waals surface area (Å²) in [6, 6.07) is 19.1. The number of carbonyl (C=O) groups is 2. The molecule has 1 aliphatic rings. The molecule has 7 nitrogen and oxygen atoms in total. The van der Waals surface area contributed by atoms with E-state index in [9.17, 15) is 9.59 Å². The second-order valence-electron chi connectivity index (χ2n) is 9.06. The number of carbonyl (C=O) groups excluding carboxylic acids is 2. The molecule has 184 valence electrons. The Morgan fingerprint density at radius 2 is 1.78 bits per heavy atom. The molecule has 2 heterocycles. The molecule has 2 N–H and O–H groups in total. The summed E-state index contributed by atoms with van der Waals surface area (Å²) in [4.78, 5) is 33.2. The van der Waals surface area contributed by atoms with Gasteiger partial charge in [-0.2, -0.15) is 0 Å². The SMILES string of the molecule is CNC(=O)c1cc(Oc2ccc3nc(NC4CCC(CC(=O)c5ccccc5)CC4)sc3c2)ccn1. The van der Waals surface area contributed by atoms with E-state index in [0.717, 1.165) is 46.6 Å². The van der Waals surface area contributed by atoms with Gasteiger partial charge in [-0.25, -0.2) is 4.98 Å². The third-order valence-electron chi connectivity index (χ3n) is 6.53. The highest BCUT2D eigenvalue weighted by atomic mass is 32.1. The standard InChI is InChI=1S/C28H28N4O3S/c1-29-27(34)24-16-22(13-14-30-24)35-21-11-12-23-26(17-21)36-28(32-23)31-20-9-7-18(8-10-20)15-25(33)19-5-3-2-4-6-19/h2-6,11-14,16-18,20H,7-10,15H2,1H3,(H,29,34)(H,31,32). The monoisotopic (exact) mass is 500 g/mol. The zero-order valence-corrected chi connectivity index (χ0v) is 20.9.